The van der Waals surface area contributed by atoms with Gasteiger partial charge in [-0.25, -0.2) is 4.98 Å². The Morgan fingerprint density at radius 3 is 2.79 bits per heavy atom. The summed E-state index contributed by atoms with van der Waals surface area (Å²) in [6.45, 7) is 5.19. The van der Waals surface area contributed by atoms with Gasteiger partial charge in [-0.15, -0.1) is 11.6 Å². The highest BCUT2D eigenvalue weighted by molar-refractivity contribution is 8.00. The number of hydrogen-bond acceptors (Lipinski definition) is 2. The first-order valence-corrected chi connectivity index (χ1v) is 8.37. The van der Waals surface area contributed by atoms with E-state index in [2.05, 4.69) is 35.9 Å². The zero-order valence-corrected chi connectivity index (χ0v) is 13.2. The fourth-order valence-corrected chi connectivity index (χ4v) is 3.64. The molecule has 0 N–H and O–H groups in total. The van der Waals surface area contributed by atoms with E-state index in [1.807, 2.05) is 18.7 Å². The highest BCUT2D eigenvalue weighted by Crippen LogP contribution is 2.49. The Kier molecular flexibility index (Phi) is 3.30. The predicted molar refractivity (Wildman–Crippen MR) is 84.2 cm³/mol. The Morgan fingerprint density at radius 2 is 2.21 bits per heavy atom. The fourth-order valence-electron chi connectivity index (χ4n) is 2.70. The molecule has 0 saturated heterocycles. The molecule has 102 valence electrons. The van der Waals surface area contributed by atoms with E-state index in [4.69, 9.17) is 16.6 Å². The number of fused-ring (bicyclic) bond motifs is 1. The zero-order valence-electron chi connectivity index (χ0n) is 11.6. The van der Waals surface area contributed by atoms with Gasteiger partial charge in [-0.1, -0.05) is 12.1 Å². The van der Waals surface area contributed by atoms with Crippen LogP contribution in [0.25, 0.3) is 11.0 Å². The highest BCUT2D eigenvalue weighted by Gasteiger charge is 2.43. The molecule has 1 aromatic heterocycles. The van der Waals surface area contributed by atoms with Gasteiger partial charge in [-0.05, 0) is 44.6 Å². The van der Waals surface area contributed by atoms with Gasteiger partial charge in [0.2, 0.25) is 0 Å². The lowest BCUT2D eigenvalue weighted by molar-refractivity contribution is 0.638. The molecule has 0 bridgehead atoms. The number of halogens is 1. The molecule has 4 heteroatoms. The monoisotopic (exact) mass is 294 g/mol. The second-order valence-electron chi connectivity index (χ2n) is 5.50. The topological polar surface area (TPSA) is 17.8 Å². The summed E-state index contributed by atoms with van der Waals surface area (Å²) in [5.74, 6) is 1.01. The van der Waals surface area contributed by atoms with Gasteiger partial charge in [0.15, 0.2) is 0 Å². The summed E-state index contributed by atoms with van der Waals surface area (Å²) in [6.07, 6.45) is 4.81. The molecule has 0 radical (unpaired) electrons. The summed E-state index contributed by atoms with van der Waals surface area (Å²) in [7, 11) is 0. The number of thioether (sulfide) groups is 1. The van der Waals surface area contributed by atoms with Crippen LogP contribution in [0.4, 0.5) is 0 Å². The number of hydrogen-bond donors (Lipinski definition) is 0. The van der Waals surface area contributed by atoms with E-state index in [1.165, 1.54) is 23.9 Å². The SMILES string of the molecule is CSC1(Cn2c(C(C)Cl)nc3cccc(C)c32)CC1. The van der Waals surface area contributed by atoms with E-state index in [0.29, 0.717) is 4.75 Å². The van der Waals surface area contributed by atoms with Crippen molar-refractivity contribution in [3.8, 4) is 0 Å². The van der Waals surface area contributed by atoms with Gasteiger partial charge in [-0.2, -0.15) is 11.8 Å². The maximum Gasteiger partial charge on any atom is 0.127 e. The summed E-state index contributed by atoms with van der Waals surface area (Å²) >= 11 is 8.31. The summed E-state index contributed by atoms with van der Waals surface area (Å²) in [5.41, 5.74) is 3.61. The second-order valence-corrected chi connectivity index (χ2v) is 7.43. The molecule has 1 saturated carbocycles. The molecule has 1 atom stereocenters. The molecule has 1 heterocycles. The zero-order chi connectivity index (χ0) is 13.6. The number of benzene rings is 1. The molecule has 1 aromatic carbocycles. The minimum absolute atomic E-state index is 0.0514. The third-order valence-electron chi connectivity index (χ3n) is 4.04. The van der Waals surface area contributed by atoms with Crippen LogP contribution in [0.2, 0.25) is 0 Å². The lowest BCUT2D eigenvalue weighted by Gasteiger charge is -2.17. The van der Waals surface area contributed by atoms with Crippen molar-refractivity contribution in [2.45, 2.75) is 43.4 Å². The van der Waals surface area contributed by atoms with E-state index in [9.17, 15) is 0 Å². The lowest BCUT2D eigenvalue weighted by atomic mass is 10.2. The molecule has 2 nitrogen and oxygen atoms in total. The number of imidazole rings is 1. The van der Waals surface area contributed by atoms with Crippen LogP contribution in [-0.4, -0.2) is 20.6 Å². The highest BCUT2D eigenvalue weighted by atomic mass is 35.5. The quantitative estimate of drug-likeness (QED) is 0.771. The molecule has 3 rings (SSSR count). The van der Waals surface area contributed by atoms with Crippen LogP contribution >= 0.6 is 23.4 Å². The molecule has 1 aliphatic rings. The molecule has 0 spiro atoms. The van der Waals surface area contributed by atoms with Crippen molar-refractivity contribution in [3.63, 3.8) is 0 Å². The van der Waals surface area contributed by atoms with Gasteiger partial charge in [-0.3, -0.25) is 0 Å². The average molecular weight is 295 g/mol. The molecule has 1 fully saturated rings. The Bertz CT molecular complexity index is 614. The van der Waals surface area contributed by atoms with Crippen LogP contribution in [0.1, 0.15) is 36.5 Å². The van der Waals surface area contributed by atoms with Gasteiger partial charge < -0.3 is 4.57 Å². The standard InChI is InChI=1S/C15H19ClN2S/c1-10-5-4-6-12-13(10)18(14(17-12)11(2)16)9-15(19-3)7-8-15/h4-6,11H,7-9H2,1-3H3. The number of aromatic nitrogens is 2. The van der Waals surface area contributed by atoms with Crippen LogP contribution in [0, 0.1) is 6.92 Å². The lowest BCUT2D eigenvalue weighted by Crippen LogP contribution is -2.16. The minimum Gasteiger partial charge on any atom is -0.325 e. The molecule has 2 aromatic rings. The number of nitrogens with zero attached hydrogens (tertiary/aromatic N) is 2. The summed E-state index contributed by atoms with van der Waals surface area (Å²) < 4.78 is 2.77. The van der Waals surface area contributed by atoms with Gasteiger partial charge in [0.25, 0.3) is 0 Å². The van der Waals surface area contributed by atoms with Crippen molar-refractivity contribution in [2.75, 3.05) is 6.26 Å². The van der Waals surface area contributed by atoms with E-state index < -0.39 is 0 Å². The van der Waals surface area contributed by atoms with Crippen LogP contribution in [0.15, 0.2) is 18.2 Å². The van der Waals surface area contributed by atoms with Gasteiger partial charge in [0.1, 0.15) is 5.82 Å². The Hall–Kier alpha value is -0.670. The van der Waals surface area contributed by atoms with Gasteiger partial charge in [0.05, 0.1) is 16.4 Å². The minimum atomic E-state index is -0.0514. The van der Waals surface area contributed by atoms with Crippen molar-refractivity contribution in [2.24, 2.45) is 0 Å². The van der Waals surface area contributed by atoms with E-state index in [0.717, 1.165) is 17.9 Å². The van der Waals surface area contributed by atoms with E-state index in [-0.39, 0.29) is 5.38 Å². The number of aryl methyl sites for hydroxylation is 1. The number of para-hydroxylation sites is 1. The molecule has 1 aliphatic carbocycles. The summed E-state index contributed by atoms with van der Waals surface area (Å²) in [4.78, 5) is 4.74. The van der Waals surface area contributed by atoms with Crippen LogP contribution in [-0.2, 0) is 6.54 Å². The van der Waals surface area contributed by atoms with Crippen molar-refractivity contribution in [1.29, 1.82) is 0 Å². The van der Waals surface area contributed by atoms with Crippen LogP contribution in [0.3, 0.4) is 0 Å². The first-order chi connectivity index (χ1) is 9.06. The van der Waals surface area contributed by atoms with Crippen molar-refractivity contribution in [3.05, 3.63) is 29.6 Å². The van der Waals surface area contributed by atoms with E-state index in [1.54, 1.807) is 0 Å². The normalized spacial score (nSPS) is 18.7. The first kappa shape index (κ1) is 13.3. The smallest absolute Gasteiger partial charge is 0.127 e. The third kappa shape index (κ3) is 2.27. The largest absolute Gasteiger partial charge is 0.325 e. The second kappa shape index (κ2) is 4.71. The Labute approximate surface area is 123 Å². The van der Waals surface area contributed by atoms with Crippen LogP contribution < -0.4 is 0 Å². The Balaban J connectivity index is 2.16. The summed E-state index contributed by atoms with van der Waals surface area (Å²) in [5, 5.41) is -0.0514. The maximum atomic E-state index is 6.33. The maximum absolute atomic E-state index is 6.33. The van der Waals surface area contributed by atoms with Gasteiger partial charge >= 0.3 is 0 Å². The fraction of sp³-hybridized carbons (Fsp3) is 0.533. The van der Waals surface area contributed by atoms with Crippen molar-refractivity contribution < 1.29 is 0 Å². The molecular weight excluding hydrogens is 276 g/mol. The van der Waals surface area contributed by atoms with Crippen molar-refractivity contribution >= 4 is 34.4 Å². The number of rotatable bonds is 4. The molecule has 0 amide bonds. The molecule has 0 aliphatic heterocycles. The molecular formula is C15H19ClN2S. The third-order valence-corrected chi connectivity index (χ3v) is 5.64. The van der Waals surface area contributed by atoms with E-state index >= 15 is 0 Å². The van der Waals surface area contributed by atoms with Crippen molar-refractivity contribution in [1.82, 2.24) is 9.55 Å². The van der Waals surface area contributed by atoms with Gasteiger partial charge in [0, 0.05) is 11.3 Å². The summed E-state index contributed by atoms with van der Waals surface area (Å²) in [6, 6.07) is 6.31. The molecule has 19 heavy (non-hydrogen) atoms. The predicted octanol–water partition coefficient (Wildman–Crippen LogP) is 4.54. The number of alkyl halides is 1. The molecule has 1 unspecified atom stereocenters. The Morgan fingerprint density at radius 1 is 1.47 bits per heavy atom. The first-order valence-electron chi connectivity index (χ1n) is 6.71. The van der Waals surface area contributed by atoms with Crippen LogP contribution in [0.5, 0.6) is 0 Å². The average Bonchev–Trinajstić information content (AvgIpc) is 3.05.